The topological polar surface area (TPSA) is 105 Å². The number of carbonyl (C=O) groups is 1. The first-order chi connectivity index (χ1) is 9.46. The van der Waals surface area contributed by atoms with Gasteiger partial charge in [0.25, 0.3) is 0 Å². The van der Waals surface area contributed by atoms with Crippen LogP contribution in [0.15, 0.2) is 27.4 Å². The Morgan fingerprint density at radius 1 is 1.40 bits per heavy atom. The van der Waals surface area contributed by atoms with Gasteiger partial charge in [-0.3, -0.25) is 0 Å². The van der Waals surface area contributed by atoms with Gasteiger partial charge in [0.05, 0.1) is 14.2 Å². The van der Waals surface area contributed by atoms with Crippen LogP contribution in [0.1, 0.15) is 12.5 Å². The minimum absolute atomic E-state index is 0.270. The van der Waals surface area contributed by atoms with Crippen molar-refractivity contribution in [3.05, 3.63) is 38.3 Å². The molecule has 0 saturated carbocycles. The molecule has 0 fully saturated rings. The van der Waals surface area contributed by atoms with Crippen LogP contribution in [0.5, 0.6) is 11.5 Å². The first kappa shape index (κ1) is 15.9. The summed E-state index contributed by atoms with van der Waals surface area (Å²) in [5.41, 5.74) is 8.79. The number of halogens is 1. The lowest BCUT2D eigenvalue weighted by molar-refractivity contribution is -0.132. The number of hydrogen-bond acceptors (Lipinski definition) is 4. The average molecular weight is 342 g/mol. The summed E-state index contributed by atoms with van der Waals surface area (Å²) in [6, 6.07) is 3.34. The Morgan fingerprint density at radius 3 is 2.50 bits per heavy atom. The zero-order valence-corrected chi connectivity index (χ0v) is 12.6. The van der Waals surface area contributed by atoms with Gasteiger partial charge in [-0.05, 0) is 30.2 Å². The predicted molar refractivity (Wildman–Crippen MR) is 76.6 cm³/mol. The molecule has 0 heterocycles. The van der Waals surface area contributed by atoms with Crippen LogP contribution in [0.4, 0.5) is 0 Å². The summed E-state index contributed by atoms with van der Waals surface area (Å²) >= 11 is 3.30. The molecule has 0 saturated heterocycles. The fraction of sp³-hybridized carbons (Fsp3) is 0.250. The maximum Gasteiger partial charge on any atom is 0.338 e. The van der Waals surface area contributed by atoms with E-state index in [2.05, 4.69) is 26.0 Å². The van der Waals surface area contributed by atoms with Gasteiger partial charge < -0.3 is 14.6 Å². The molecule has 0 aliphatic heterocycles. The van der Waals surface area contributed by atoms with Crippen molar-refractivity contribution in [1.29, 1.82) is 0 Å². The second-order valence-electron chi connectivity index (χ2n) is 3.66. The van der Waals surface area contributed by atoms with E-state index >= 15 is 0 Å². The van der Waals surface area contributed by atoms with Crippen molar-refractivity contribution in [3.63, 3.8) is 0 Å². The molecule has 0 aliphatic rings. The highest BCUT2D eigenvalue weighted by atomic mass is 79.9. The van der Waals surface area contributed by atoms with Crippen molar-refractivity contribution >= 4 is 27.5 Å². The molecular formula is C12H12BrN3O4. The molecule has 1 aromatic carbocycles. The van der Waals surface area contributed by atoms with Crippen molar-refractivity contribution in [2.45, 2.75) is 6.92 Å². The van der Waals surface area contributed by atoms with Gasteiger partial charge in [-0.15, -0.1) is 0 Å². The second kappa shape index (κ2) is 6.83. The molecule has 106 valence electrons. The summed E-state index contributed by atoms with van der Waals surface area (Å²) in [7, 11) is 2.91. The van der Waals surface area contributed by atoms with Crippen LogP contribution in [0.3, 0.4) is 0 Å². The van der Waals surface area contributed by atoms with E-state index in [-0.39, 0.29) is 5.57 Å². The average Bonchev–Trinajstić information content (AvgIpc) is 2.42. The first-order valence-electron chi connectivity index (χ1n) is 5.37. The maximum absolute atomic E-state index is 11.1. The number of nitrogens with zero attached hydrogens (tertiary/aromatic N) is 3. The molecule has 1 N–H and O–H groups in total. The van der Waals surface area contributed by atoms with Gasteiger partial charge >= 0.3 is 5.97 Å². The number of rotatable bonds is 5. The van der Waals surface area contributed by atoms with Crippen molar-refractivity contribution in [1.82, 2.24) is 0 Å². The molecule has 0 bridgehead atoms. The van der Waals surface area contributed by atoms with Crippen LogP contribution in [0, 0.1) is 0 Å². The Morgan fingerprint density at radius 2 is 2.05 bits per heavy atom. The maximum atomic E-state index is 11.1. The minimum atomic E-state index is -1.32. The molecule has 1 rings (SSSR count). The van der Waals surface area contributed by atoms with Crippen LogP contribution < -0.4 is 9.47 Å². The van der Waals surface area contributed by atoms with Crippen LogP contribution in [0.25, 0.3) is 16.0 Å². The number of carboxylic acids is 1. The third kappa shape index (κ3) is 3.23. The molecule has 0 aromatic heterocycles. The Balaban J connectivity index is 3.67. The van der Waals surface area contributed by atoms with E-state index in [0.29, 0.717) is 21.5 Å². The highest BCUT2D eigenvalue weighted by molar-refractivity contribution is 9.10. The summed E-state index contributed by atoms with van der Waals surface area (Å²) in [6.45, 7) is 1.53. The zero-order chi connectivity index (χ0) is 15.3. The summed E-state index contributed by atoms with van der Waals surface area (Å²) in [6.07, 6.45) is 0. The molecular weight excluding hydrogens is 330 g/mol. The Labute approximate surface area is 123 Å². The van der Waals surface area contributed by atoms with Gasteiger partial charge in [0.15, 0.2) is 11.5 Å². The van der Waals surface area contributed by atoms with Gasteiger partial charge in [0.1, 0.15) is 5.70 Å². The predicted octanol–water partition coefficient (Wildman–Crippen LogP) is 3.59. The van der Waals surface area contributed by atoms with Crippen molar-refractivity contribution in [2.24, 2.45) is 5.11 Å². The lowest BCUT2D eigenvalue weighted by Crippen LogP contribution is -2.02. The fourth-order valence-electron chi connectivity index (χ4n) is 1.66. The van der Waals surface area contributed by atoms with E-state index in [0.717, 1.165) is 0 Å². The van der Waals surface area contributed by atoms with E-state index in [1.54, 1.807) is 12.1 Å². The minimum Gasteiger partial charge on any atom is -0.493 e. The largest absolute Gasteiger partial charge is 0.493 e. The zero-order valence-electron chi connectivity index (χ0n) is 11.0. The summed E-state index contributed by atoms with van der Waals surface area (Å²) in [5.74, 6) is -0.525. The van der Waals surface area contributed by atoms with Crippen molar-refractivity contribution < 1.29 is 19.4 Å². The normalized spacial score (nSPS) is 11.2. The molecule has 0 radical (unpaired) electrons. The molecule has 7 nitrogen and oxygen atoms in total. The molecule has 0 aliphatic carbocycles. The number of benzene rings is 1. The summed E-state index contributed by atoms with van der Waals surface area (Å²) in [4.78, 5) is 13.7. The SMILES string of the molecule is COc1cc(Br)cc(/C(C)=C(\N=[N+]=[N-])C(=O)O)c1OC. The summed E-state index contributed by atoms with van der Waals surface area (Å²) < 4.78 is 11.1. The number of ether oxygens (including phenoxy) is 2. The highest BCUT2D eigenvalue weighted by Gasteiger charge is 2.18. The van der Waals surface area contributed by atoms with Crippen LogP contribution in [-0.2, 0) is 4.79 Å². The third-order valence-corrected chi connectivity index (χ3v) is 3.01. The molecule has 0 amide bonds. The van der Waals surface area contributed by atoms with Crippen LogP contribution in [-0.4, -0.2) is 25.3 Å². The van der Waals surface area contributed by atoms with Crippen molar-refractivity contribution in [2.75, 3.05) is 14.2 Å². The van der Waals surface area contributed by atoms with Gasteiger partial charge in [-0.2, -0.15) is 0 Å². The van der Waals surface area contributed by atoms with Crippen molar-refractivity contribution in [3.8, 4) is 11.5 Å². The molecule has 20 heavy (non-hydrogen) atoms. The van der Waals surface area contributed by atoms with Crippen LogP contribution in [0.2, 0.25) is 0 Å². The van der Waals surface area contributed by atoms with Gasteiger partial charge in [-0.1, -0.05) is 21.0 Å². The Hall–Kier alpha value is -2.18. The summed E-state index contributed by atoms with van der Waals surface area (Å²) in [5, 5.41) is 12.3. The standard InChI is InChI=1S/C12H12BrN3O4/c1-6(10(12(17)18)15-16-14)8-4-7(13)5-9(19-2)11(8)20-3/h4-5H,1-3H3,(H,17,18)/b10-6-. The number of allylic oxidation sites excluding steroid dienone is 1. The number of methoxy groups -OCH3 is 2. The van der Waals surface area contributed by atoms with Gasteiger partial charge in [0, 0.05) is 14.9 Å². The molecule has 8 heteroatoms. The van der Waals surface area contributed by atoms with Gasteiger partial charge in [0.2, 0.25) is 0 Å². The Kier molecular flexibility index (Phi) is 5.42. The van der Waals surface area contributed by atoms with E-state index in [9.17, 15) is 4.79 Å². The quantitative estimate of drug-likeness (QED) is 0.382. The highest BCUT2D eigenvalue weighted by Crippen LogP contribution is 2.39. The van der Waals surface area contributed by atoms with E-state index in [4.69, 9.17) is 20.1 Å². The smallest absolute Gasteiger partial charge is 0.338 e. The number of carboxylic acid groups (broad SMARTS) is 1. The van der Waals surface area contributed by atoms with Crippen LogP contribution >= 0.6 is 15.9 Å². The van der Waals surface area contributed by atoms with E-state index in [1.807, 2.05) is 0 Å². The Bertz CT molecular complexity index is 617. The molecule has 0 atom stereocenters. The van der Waals surface area contributed by atoms with E-state index < -0.39 is 11.7 Å². The molecule has 1 aromatic rings. The van der Waals surface area contributed by atoms with E-state index in [1.165, 1.54) is 21.1 Å². The number of hydrogen-bond donors (Lipinski definition) is 1. The first-order valence-corrected chi connectivity index (χ1v) is 6.16. The van der Waals surface area contributed by atoms with Gasteiger partial charge in [-0.25, -0.2) is 4.79 Å². The molecule has 0 spiro atoms. The lowest BCUT2D eigenvalue weighted by atomic mass is 10.0. The third-order valence-electron chi connectivity index (χ3n) is 2.55. The molecule has 0 unspecified atom stereocenters. The fourth-order valence-corrected chi connectivity index (χ4v) is 2.10. The number of azide groups is 1. The lowest BCUT2D eigenvalue weighted by Gasteiger charge is -2.14. The second-order valence-corrected chi connectivity index (χ2v) is 4.57. The monoisotopic (exact) mass is 341 g/mol. The number of aliphatic carboxylic acids is 1.